The molecule has 0 aliphatic carbocycles. The van der Waals surface area contributed by atoms with E-state index in [2.05, 4.69) is 11.4 Å². The molecule has 3 aliphatic heterocycles. The highest BCUT2D eigenvalue weighted by Gasteiger charge is 2.57. The first-order chi connectivity index (χ1) is 19.1. The molecule has 7 heteroatoms. The third kappa shape index (κ3) is 3.50. The van der Waals surface area contributed by atoms with Gasteiger partial charge in [-0.2, -0.15) is 0 Å². The first-order valence-corrected chi connectivity index (χ1v) is 13.0. The number of nitrogens with zero attached hydrogens (tertiary/aromatic N) is 1. The Morgan fingerprint density at radius 2 is 1.74 bits per heavy atom. The highest BCUT2D eigenvalue weighted by atomic mass is 16.5. The van der Waals surface area contributed by atoms with Crippen molar-refractivity contribution in [3.63, 3.8) is 0 Å². The number of rotatable bonds is 5. The zero-order chi connectivity index (χ0) is 26.6. The third-order valence-electron chi connectivity index (χ3n) is 7.91. The van der Waals surface area contributed by atoms with Gasteiger partial charge >= 0.3 is 0 Å². The van der Waals surface area contributed by atoms with Crippen LogP contribution >= 0.6 is 0 Å². The summed E-state index contributed by atoms with van der Waals surface area (Å²) in [6.07, 6.45) is 0.812. The van der Waals surface area contributed by atoms with Crippen molar-refractivity contribution >= 4 is 23.2 Å². The van der Waals surface area contributed by atoms with Crippen molar-refractivity contribution in [2.45, 2.75) is 18.4 Å². The van der Waals surface area contributed by atoms with Crippen molar-refractivity contribution in [3.8, 4) is 17.2 Å². The van der Waals surface area contributed by atoms with E-state index in [0.29, 0.717) is 29.4 Å². The number of ether oxygens (including phenoxy) is 3. The number of anilines is 2. The van der Waals surface area contributed by atoms with Crippen molar-refractivity contribution in [3.05, 3.63) is 113 Å². The molecule has 7 nitrogen and oxygen atoms in total. The maximum absolute atomic E-state index is 14.4. The molecule has 1 spiro atoms. The Hall–Kier alpha value is -4.78. The Labute approximate surface area is 225 Å². The maximum atomic E-state index is 14.4. The van der Waals surface area contributed by atoms with Gasteiger partial charge < -0.3 is 24.4 Å². The lowest BCUT2D eigenvalue weighted by molar-refractivity contribution is -0.122. The molecule has 0 radical (unpaired) electrons. The van der Waals surface area contributed by atoms with E-state index >= 15 is 0 Å². The van der Waals surface area contributed by atoms with E-state index in [1.165, 1.54) is 0 Å². The lowest BCUT2D eigenvalue weighted by Crippen LogP contribution is -2.42. The molecule has 0 saturated heterocycles. The van der Waals surface area contributed by atoms with Gasteiger partial charge in [0.05, 0.1) is 25.9 Å². The highest BCUT2D eigenvalue weighted by molar-refractivity contribution is 6.12. The Kier molecular flexibility index (Phi) is 5.33. The van der Waals surface area contributed by atoms with Crippen LogP contribution < -0.4 is 24.4 Å². The molecule has 3 aliphatic rings. The Morgan fingerprint density at radius 1 is 0.949 bits per heavy atom. The molecular weight excluding hydrogens is 492 g/mol. The van der Waals surface area contributed by atoms with Gasteiger partial charge in [-0.3, -0.25) is 9.59 Å². The molecule has 194 valence electrons. The minimum Gasteiger partial charge on any atom is -0.495 e. The fourth-order valence-corrected chi connectivity index (χ4v) is 5.99. The molecule has 0 saturated carbocycles. The summed E-state index contributed by atoms with van der Waals surface area (Å²) in [4.78, 5) is 29.6. The van der Waals surface area contributed by atoms with Crippen LogP contribution in [0.2, 0.25) is 0 Å². The molecule has 0 bridgehead atoms. The molecule has 2 amide bonds. The summed E-state index contributed by atoms with van der Waals surface area (Å²) in [7, 11) is 1.57. The zero-order valence-corrected chi connectivity index (χ0v) is 21.4. The van der Waals surface area contributed by atoms with Gasteiger partial charge in [0, 0.05) is 29.3 Å². The third-order valence-corrected chi connectivity index (χ3v) is 7.91. The standard InChI is InChI=1S/C32H26N2O5/c1-37-27-13-7-5-11-25(27)33-30(35)22-9-3-2-8-21(22)18-34-26-12-6-4-10-23(26)32(31(34)36)19-39-29-17-28-20(14-15-38-28)16-24(29)32/h2-13,16-17H,14-15,18-19H2,1H3,(H,33,35). The summed E-state index contributed by atoms with van der Waals surface area (Å²) in [6, 6.07) is 26.5. The quantitative estimate of drug-likeness (QED) is 0.398. The molecule has 1 atom stereocenters. The van der Waals surface area contributed by atoms with Crippen LogP contribution in [0.15, 0.2) is 84.9 Å². The van der Waals surface area contributed by atoms with E-state index in [-0.39, 0.29) is 25.0 Å². The average Bonchev–Trinajstić information content (AvgIpc) is 3.65. The van der Waals surface area contributed by atoms with Gasteiger partial charge in [0.15, 0.2) is 0 Å². The van der Waals surface area contributed by atoms with E-state index in [0.717, 1.165) is 40.1 Å². The predicted molar refractivity (Wildman–Crippen MR) is 147 cm³/mol. The van der Waals surface area contributed by atoms with Gasteiger partial charge in [-0.15, -0.1) is 0 Å². The van der Waals surface area contributed by atoms with Crippen molar-refractivity contribution in [2.24, 2.45) is 0 Å². The van der Waals surface area contributed by atoms with E-state index < -0.39 is 5.41 Å². The summed E-state index contributed by atoms with van der Waals surface area (Å²) < 4.78 is 17.3. The second-order valence-corrected chi connectivity index (χ2v) is 9.97. The number of methoxy groups -OCH3 is 1. The topological polar surface area (TPSA) is 77.1 Å². The first kappa shape index (κ1) is 23.3. The number of para-hydroxylation sites is 3. The van der Waals surface area contributed by atoms with E-state index in [9.17, 15) is 9.59 Å². The number of benzene rings is 4. The fraction of sp³-hybridized carbons (Fsp3) is 0.188. The lowest BCUT2D eigenvalue weighted by Gasteiger charge is -2.24. The fourth-order valence-electron chi connectivity index (χ4n) is 5.99. The smallest absolute Gasteiger partial charge is 0.256 e. The molecule has 7 rings (SSSR count). The van der Waals surface area contributed by atoms with Gasteiger partial charge in [0.2, 0.25) is 5.91 Å². The summed E-state index contributed by atoms with van der Waals surface area (Å²) in [5, 5.41) is 2.96. The minimum absolute atomic E-state index is 0.0544. The number of hydrogen-bond acceptors (Lipinski definition) is 5. The number of carbonyl (C=O) groups excluding carboxylic acids is 2. The predicted octanol–water partition coefficient (Wildman–Crippen LogP) is 5.11. The van der Waals surface area contributed by atoms with E-state index in [4.69, 9.17) is 14.2 Å². The number of fused-ring (bicyclic) bond motifs is 5. The average molecular weight is 519 g/mol. The number of nitrogens with one attached hydrogen (secondary N) is 1. The Bertz CT molecular complexity index is 1650. The Balaban J connectivity index is 1.26. The lowest BCUT2D eigenvalue weighted by atomic mass is 9.76. The van der Waals surface area contributed by atoms with Crippen LogP contribution in [0.25, 0.3) is 0 Å². The summed E-state index contributed by atoms with van der Waals surface area (Å²) in [5.41, 5.74) is 4.61. The van der Waals surface area contributed by atoms with Crippen molar-refractivity contribution in [1.29, 1.82) is 0 Å². The van der Waals surface area contributed by atoms with Crippen LogP contribution in [0.1, 0.15) is 32.6 Å². The van der Waals surface area contributed by atoms with E-state index in [1.54, 1.807) is 30.2 Å². The van der Waals surface area contributed by atoms with Crippen LogP contribution in [0.4, 0.5) is 11.4 Å². The van der Waals surface area contributed by atoms with Gasteiger partial charge in [0.25, 0.3) is 5.91 Å². The minimum atomic E-state index is -0.932. The second-order valence-electron chi connectivity index (χ2n) is 9.97. The van der Waals surface area contributed by atoms with Gasteiger partial charge in [-0.1, -0.05) is 48.5 Å². The summed E-state index contributed by atoms with van der Waals surface area (Å²) in [5.74, 6) is 1.77. The van der Waals surface area contributed by atoms with Crippen molar-refractivity contribution < 1.29 is 23.8 Å². The normalized spacial score (nSPS) is 18.3. The summed E-state index contributed by atoms with van der Waals surface area (Å²) >= 11 is 0. The maximum Gasteiger partial charge on any atom is 0.256 e. The molecule has 39 heavy (non-hydrogen) atoms. The van der Waals surface area contributed by atoms with Crippen LogP contribution in [-0.2, 0) is 23.2 Å². The van der Waals surface area contributed by atoms with E-state index in [1.807, 2.05) is 60.7 Å². The molecule has 0 aromatic heterocycles. The summed E-state index contributed by atoms with van der Waals surface area (Å²) in [6.45, 7) is 1.11. The number of carbonyl (C=O) groups is 2. The van der Waals surface area contributed by atoms with Crippen LogP contribution in [0.5, 0.6) is 17.2 Å². The SMILES string of the molecule is COc1ccccc1NC(=O)c1ccccc1CN1C(=O)C2(COc3cc4c(cc32)CCO4)c2ccccc21. The van der Waals surface area contributed by atoms with Crippen LogP contribution in [0, 0.1) is 0 Å². The first-order valence-electron chi connectivity index (χ1n) is 13.0. The molecular formula is C32H26N2O5. The highest BCUT2D eigenvalue weighted by Crippen LogP contribution is 2.54. The molecule has 0 fully saturated rings. The molecule has 1 N–H and O–H groups in total. The van der Waals surface area contributed by atoms with Gasteiger partial charge in [-0.05, 0) is 47.0 Å². The van der Waals surface area contributed by atoms with Gasteiger partial charge in [-0.25, -0.2) is 0 Å². The van der Waals surface area contributed by atoms with Crippen molar-refractivity contribution in [2.75, 3.05) is 30.5 Å². The monoisotopic (exact) mass is 518 g/mol. The molecule has 4 aromatic carbocycles. The van der Waals surface area contributed by atoms with Crippen LogP contribution in [0.3, 0.4) is 0 Å². The second kappa shape index (κ2) is 8.91. The zero-order valence-electron chi connectivity index (χ0n) is 21.4. The van der Waals surface area contributed by atoms with Crippen molar-refractivity contribution in [1.82, 2.24) is 0 Å². The molecule has 3 heterocycles. The molecule has 4 aromatic rings. The van der Waals surface area contributed by atoms with Gasteiger partial charge in [0.1, 0.15) is 29.3 Å². The Morgan fingerprint density at radius 3 is 2.64 bits per heavy atom. The van der Waals surface area contributed by atoms with Crippen LogP contribution in [-0.4, -0.2) is 32.1 Å². The number of hydrogen-bond donors (Lipinski definition) is 1. The molecule has 1 unspecified atom stereocenters. The largest absolute Gasteiger partial charge is 0.495 e. The number of amides is 2.